The van der Waals surface area contributed by atoms with Gasteiger partial charge in [-0.2, -0.15) is 0 Å². The Kier molecular flexibility index (Phi) is 5.69. The molecule has 1 heterocycles. The SMILES string of the molecule is CNC1CCN(C(=O)c2cc(F)ccc2F)CC1.Cl. The number of halogens is 3. The topological polar surface area (TPSA) is 32.3 Å². The lowest BCUT2D eigenvalue weighted by Crippen LogP contribution is -2.44. The van der Waals surface area contributed by atoms with Gasteiger partial charge in [-0.1, -0.05) is 0 Å². The molecular formula is C13H17ClF2N2O. The van der Waals surface area contributed by atoms with Crippen molar-refractivity contribution in [3.63, 3.8) is 0 Å². The summed E-state index contributed by atoms with van der Waals surface area (Å²) in [6.07, 6.45) is 1.67. The molecule has 1 aromatic carbocycles. The van der Waals surface area contributed by atoms with Crippen molar-refractivity contribution in [3.05, 3.63) is 35.4 Å². The first-order chi connectivity index (χ1) is 8.61. The predicted octanol–water partition coefficient (Wildman–Crippen LogP) is 2.21. The van der Waals surface area contributed by atoms with Crippen molar-refractivity contribution in [2.75, 3.05) is 20.1 Å². The highest BCUT2D eigenvalue weighted by Gasteiger charge is 2.24. The molecule has 0 atom stereocenters. The maximum absolute atomic E-state index is 13.5. The Labute approximate surface area is 117 Å². The fraction of sp³-hybridized carbons (Fsp3) is 0.462. The second kappa shape index (κ2) is 6.82. The minimum atomic E-state index is -0.669. The molecule has 0 unspecified atom stereocenters. The highest BCUT2D eigenvalue weighted by atomic mass is 35.5. The van der Waals surface area contributed by atoms with E-state index < -0.39 is 17.5 Å². The third-order valence-corrected chi connectivity index (χ3v) is 3.35. The molecule has 0 spiro atoms. The molecule has 1 fully saturated rings. The number of benzene rings is 1. The van der Waals surface area contributed by atoms with Gasteiger partial charge in [0.25, 0.3) is 5.91 Å². The molecule has 106 valence electrons. The van der Waals surface area contributed by atoms with Crippen LogP contribution in [0.15, 0.2) is 18.2 Å². The average molecular weight is 291 g/mol. The molecule has 2 rings (SSSR count). The van der Waals surface area contributed by atoms with Gasteiger partial charge in [-0.3, -0.25) is 4.79 Å². The minimum Gasteiger partial charge on any atom is -0.338 e. The van der Waals surface area contributed by atoms with E-state index in [1.54, 1.807) is 4.90 Å². The summed E-state index contributed by atoms with van der Waals surface area (Å²) >= 11 is 0. The zero-order valence-electron chi connectivity index (χ0n) is 10.7. The van der Waals surface area contributed by atoms with Crippen LogP contribution in [-0.4, -0.2) is 37.0 Å². The van der Waals surface area contributed by atoms with Gasteiger partial charge in [0.05, 0.1) is 5.56 Å². The van der Waals surface area contributed by atoms with Crippen LogP contribution in [-0.2, 0) is 0 Å². The third kappa shape index (κ3) is 3.64. The van der Waals surface area contributed by atoms with Gasteiger partial charge in [0.2, 0.25) is 0 Å². The quantitative estimate of drug-likeness (QED) is 0.906. The zero-order chi connectivity index (χ0) is 13.1. The molecule has 1 saturated heterocycles. The van der Waals surface area contributed by atoms with E-state index in [0.29, 0.717) is 19.1 Å². The van der Waals surface area contributed by atoms with E-state index in [9.17, 15) is 13.6 Å². The number of carbonyl (C=O) groups excluding carboxylic acids is 1. The second-order valence-electron chi connectivity index (χ2n) is 4.48. The van der Waals surface area contributed by atoms with Crippen molar-refractivity contribution in [3.8, 4) is 0 Å². The van der Waals surface area contributed by atoms with E-state index in [1.807, 2.05) is 7.05 Å². The number of amides is 1. The van der Waals surface area contributed by atoms with Crippen LogP contribution in [0.3, 0.4) is 0 Å². The van der Waals surface area contributed by atoms with Crippen molar-refractivity contribution in [1.82, 2.24) is 10.2 Å². The van der Waals surface area contributed by atoms with Crippen molar-refractivity contribution < 1.29 is 13.6 Å². The summed E-state index contributed by atoms with van der Waals surface area (Å²) in [6, 6.07) is 3.36. The first kappa shape index (κ1) is 15.9. The van der Waals surface area contributed by atoms with Crippen molar-refractivity contribution in [2.24, 2.45) is 0 Å². The number of likely N-dealkylation sites (tertiary alicyclic amines) is 1. The fourth-order valence-corrected chi connectivity index (χ4v) is 2.20. The average Bonchev–Trinajstić information content (AvgIpc) is 2.41. The molecule has 1 N–H and O–H groups in total. The van der Waals surface area contributed by atoms with Gasteiger partial charge in [0.1, 0.15) is 11.6 Å². The highest BCUT2D eigenvalue weighted by molar-refractivity contribution is 5.94. The number of carbonyl (C=O) groups is 1. The molecule has 0 radical (unpaired) electrons. The van der Waals surface area contributed by atoms with Crippen LogP contribution in [0.1, 0.15) is 23.2 Å². The summed E-state index contributed by atoms with van der Waals surface area (Å²) in [4.78, 5) is 13.6. The standard InChI is InChI=1S/C13H16F2N2O.ClH/c1-16-10-4-6-17(7-5-10)13(18)11-8-9(14)2-3-12(11)15;/h2-3,8,10,16H,4-7H2,1H3;1H. The lowest BCUT2D eigenvalue weighted by atomic mass is 10.0. The van der Waals surface area contributed by atoms with Gasteiger partial charge in [-0.05, 0) is 38.1 Å². The number of hydrogen-bond donors (Lipinski definition) is 1. The molecule has 1 amide bonds. The summed E-state index contributed by atoms with van der Waals surface area (Å²) in [6.45, 7) is 1.14. The lowest BCUT2D eigenvalue weighted by molar-refractivity contribution is 0.0702. The third-order valence-electron chi connectivity index (χ3n) is 3.35. The smallest absolute Gasteiger partial charge is 0.256 e. The zero-order valence-corrected chi connectivity index (χ0v) is 11.5. The Balaban J connectivity index is 0.00000180. The fourth-order valence-electron chi connectivity index (χ4n) is 2.20. The normalized spacial score (nSPS) is 16.1. The van der Waals surface area contributed by atoms with E-state index in [2.05, 4.69) is 5.32 Å². The monoisotopic (exact) mass is 290 g/mol. The molecule has 1 aliphatic heterocycles. The summed E-state index contributed by atoms with van der Waals surface area (Å²) in [7, 11) is 1.88. The van der Waals surface area contributed by atoms with Crippen molar-refractivity contribution in [1.29, 1.82) is 0 Å². The Morgan fingerprint density at radius 2 is 1.95 bits per heavy atom. The van der Waals surface area contributed by atoms with Gasteiger partial charge in [0, 0.05) is 19.1 Å². The van der Waals surface area contributed by atoms with E-state index in [1.165, 1.54) is 0 Å². The molecule has 3 nitrogen and oxygen atoms in total. The molecule has 0 saturated carbocycles. The molecule has 6 heteroatoms. The largest absolute Gasteiger partial charge is 0.338 e. The molecule has 0 bridgehead atoms. The van der Waals surface area contributed by atoms with Gasteiger partial charge in [0.15, 0.2) is 0 Å². The van der Waals surface area contributed by atoms with Crippen LogP contribution < -0.4 is 5.32 Å². The van der Waals surface area contributed by atoms with Gasteiger partial charge >= 0.3 is 0 Å². The molecule has 1 aromatic rings. The second-order valence-corrected chi connectivity index (χ2v) is 4.48. The van der Waals surface area contributed by atoms with Crippen LogP contribution >= 0.6 is 12.4 Å². The molecular weight excluding hydrogens is 274 g/mol. The van der Waals surface area contributed by atoms with Crippen LogP contribution in [0.5, 0.6) is 0 Å². The van der Waals surface area contributed by atoms with E-state index in [4.69, 9.17) is 0 Å². The maximum Gasteiger partial charge on any atom is 0.256 e. The Morgan fingerprint density at radius 1 is 1.32 bits per heavy atom. The van der Waals surface area contributed by atoms with E-state index in [0.717, 1.165) is 31.0 Å². The number of rotatable bonds is 2. The van der Waals surface area contributed by atoms with Crippen LogP contribution in [0, 0.1) is 11.6 Å². The van der Waals surface area contributed by atoms with Crippen LogP contribution in [0.2, 0.25) is 0 Å². The van der Waals surface area contributed by atoms with E-state index in [-0.39, 0.29) is 18.0 Å². The number of nitrogens with zero attached hydrogens (tertiary/aromatic N) is 1. The van der Waals surface area contributed by atoms with Crippen LogP contribution in [0.4, 0.5) is 8.78 Å². The molecule has 0 aliphatic carbocycles. The molecule has 19 heavy (non-hydrogen) atoms. The summed E-state index contributed by atoms with van der Waals surface area (Å²) in [5.74, 6) is -1.69. The van der Waals surface area contributed by atoms with Crippen molar-refractivity contribution >= 4 is 18.3 Å². The Bertz CT molecular complexity index is 448. The van der Waals surface area contributed by atoms with Crippen LogP contribution in [0.25, 0.3) is 0 Å². The van der Waals surface area contributed by atoms with Gasteiger partial charge in [-0.15, -0.1) is 12.4 Å². The van der Waals surface area contributed by atoms with Gasteiger partial charge in [-0.25, -0.2) is 8.78 Å². The molecule has 1 aliphatic rings. The number of piperidine rings is 1. The summed E-state index contributed by atoms with van der Waals surface area (Å²) < 4.78 is 26.5. The van der Waals surface area contributed by atoms with E-state index >= 15 is 0 Å². The summed E-state index contributed by atoms with van der Waals surface area (Å²) in [5, 5.41) is 3.15. The number of nitrogens with one attached hydrogen (secondary N) is 1. The highest BCUT2D eigenvalue weighted by Crippen LogP contribution is 2.16. The maximum atomic E-state index is 13.5. The Hall–Kier alpha value is -1.20. The van der Waals surface area contributed by atoms with Crippen molar-refractivity contribution in [2.45, 2.75) is 18.9 Å². The summed E-state index contributed by atoms with van der Waals surface area (Å²) in [5.41, 5.74) is -0.182. The predicted molar refractivity (Wildman–Crippen MR) is 71.6 cm³/mol. The lowest BCUT2D eigenvalue weighted by Gasteiger charge is -2.31. The van der Waals surface area contributed by atoms with Gasteiger partial charge < -0.3 is 10.2 Å². The molecule has 0 aromatic heterocycles. The first-order valence-corrected chi connectivity index (χ1v) is 6.03. The number of hydrogen-bond acceptors (Lipinski definition) is 2. The Morgan fingerprint density at radius 3 is 2.53 bits per heavy atom. The first-order valence-electron chi connectivity index (χ1n) is 6.03. The minimum absolute atomic E-state index is 0.